The van der Waals surface area contributed by atoms with Gasteiger partial charge in [-0.25, -0.2) is 9.18 Å². The number of hydrogen-bond donors (Lipinski definition) is 1. The highest BCUT2D eigenvalue weighted by Crippen LogP contribution is 2.31. The van der Waals surface area contributed by atoms with Crippen molar-refractivity contribution in [1.82, 2.24) is 0 Å². The van der Waals surface area contributed by atoms with Crippen molar-refractivity contribution < 1.29 is 14.3 Å². The van der Waals surface area contributed by atoms with Gasteiger partial charge in [0.2, 0.25) is 0 Å². The molecule has 0 radical (unpaired) electrons. The van der Waals surface area contributed by atoms with Crippen molar-refractivity contribution in [3.8, 4) is 0 Å². The number of aliphatic carboxylic acids is 1. The molecule has 0 spiro atoms. The maximum absolute atomic E-state index is 14.1. The molecule has 1 aliphatic rings. The fourth-order valence-corrected chi connectivity index (χ4v) is 3.01. The third kappa shape index (κ3) is 3.84. The van der Waals surface area contributed by atoms with Crippen molar-refractivity contribution in [2.24, 2.45) is 0 Å². The average molecular weight is 291 g/mol. The van der Waals surface area contributed by atoms with E-state index in [0.717, 1.165) is 37.6 Å². The normalized spacial score (nSPS) is 19.7. The predicted molar refractivity (Wildman–Crippen MR) is 83.0 cm³/mol. The Morgan fingerprint density at radius 2 is 2.24 bits per heavy atom. The second-order valence-electron chi connectivity index (χ2n) is 5.45. The number of halogens is 1. The van der Waals surface area contributed by atoms with Crippen LogP contribution in [0.25, 0.3) is 6.08 Å². The minimum atomic E-state index is -1.06. The first-order valence-electron chi connectivity index (χ1n) is 7.59. The molecule has 1 heterocycles. The first-order chi connectivity index (χ1) is 10.1. The molecule has 114 valence electrons. The molecule has 1 aromatic carbocycles. The maximum atomic E-state index is 14.1. The van der Waals surface area contributed by atoms with Crippen molar-refractivity contribution in [3.05, 3.63) is 35.7 Å². The molecule has 0 amide bonds. The highest BCUT2D eigenvalue weighted by atomic mass is 19.1. The Labute approximate surface area is 125 Å². The second kappa shape index (κ2) is 7.25. The minimum Gasteiger partial charge on any atom is -0.478 e. The molecule has 0 saturated carbocycles. The van der Waals surface area contributed by atoms with E-state index >= 15 is 0 Å². The number of rotatable bonds is 4. The molecule has 1 fully saturated rings. The number of anilines is 1. The lowest BCUT2D eigenvalue weighted by Gasteiger charge is -2.32. The van der Waals surface area contributed by atoms with E-state index < -0.39 is 5.97 Å². The summed E-state index contributed by atoms with van der Waals surface area (Å²) >= 11 is 0. The molecule has 1 aliphatic heterocycles. The van der Waals surface area contributed by atoms with E-state index in [9.17, 15) is 9.18 Å². The summed E-state index contributed by atoms with van der Waals surface area (Å²) in [5.74, 6) is -1.43. The number of carboxylic acid groups (broad SMARTS) is 1. The van der Waals surface area contributed by atoms with Gasteiger partial charge in [0.1, 0.15) is 5.82 Å². The van der Waals surface area contributed by atoms with Crippen LogP contribution in [0.15, 0.2) is 24.3 Å². The Hall–Kier alpha value is -1.84. The Kier molecular flexibility index (Phi) is 5.37. The van der Waals surface area contributed by atoms with Gasteiger partial charge in [-0.3, -0.25) is 0 Å². The van der Waals surface area contributed by atoms with Crippen molar-refractivity contribution >= 4 is 17.7 Å². The average Bonchev–Trinajstić information content (AvgIpc) is 2.70. The van der Waals surface area contributed by atoms with E-state index in [1.54, 1.807) is 6.07 Å². The first-order valence-corrected chi connectivity index (χ1v) is 7.59. The third-order valence-electron chi connectivity index (χ3n) is 4.08. The SMILES string of the molecule is CCC1CCCCCN1c1cccc(F)c1/C=C/C(=O)O. The maximum Gasteiger partial charge on any atom is 0.328 e. The quantitative estimate of drug-likeness (QED) is 0.850. The monoisotopic (exact) mass is 291 g/mol. The van der Waals surface area contributed by atoms with E-state index in [4.69, 9.17) is 5.11 Å². The zero-order valence-electron chi connectivity index (χ0n) is 12.4. The van der Waals surface area contributed by atoms with Gasteiger partial charge in [-0.2, -0.15) is 0 Å². The van der Waals surface area contributed by atoms with E-state index in [0.29, 0.717) is 11.6 Å². The van der Waals surface area contributed by atoms with Gasteiger partial charge in [0, 0.05) is 29.9 Å². The highest BCUT2D eigenvalue weighted by molar-refractivity contribution is 5.87. The molecule has 3 nitrogen and oxygen atoms in total. The molecule has 1 aromatic rings. The molecular formula is C17H22FNO2. The Bertz CT molecular complexity index is 528. The van der Waals surface area contributed by atoms with E-state index in [1.165, 1.54) is 25.0 Å². The molecule has 1 atom stereocenters. The Morgan fingerprint density at radius 1 is 1.43 bits per heavy atom. The van der Waals surface area contributed by atoms with Crippen LogP contribution in [0.1, 0.15) is 44.6 Å². The lowest BCUT2D eigenvalue weighted by atomic mass is 10.0. The molecule has 0 aliphatic carbocycles. The minimum absolute atomic E-state index is 0.371. The number of carbonyl (C=O) groups is 1. The molecule has 2 rings (SSSR count). The molecule has 0 aromatic heterocycles. The Morgan fingerprint density at radius 3 is 2.95 bits per heavy atom. The largest absolute Gasteiger partial charge is 0.478 e. The van der Waals surface area contributed by atoms with Gasteiger partial charge in [-0.15, -0.1) is 0 Å². The molecule has 4 heteroatoms. The summed E-state index contributed by atoms with van der Waals surface area (Å²) in [6.45, 7) is 3.05. The van der Waals surface area contributed by atoms with Crippen LogP contribution >= 0.6 is 0 Å². The van der Waals surface area contributed by atoms with Gasteiger partial charge in [0.05, 0.1) is 0 Å². The van der Waals surface area contributed by atoms with Crippen LogP contribution in [0, 0.1) is 5.82 Å². The summed E-state index contributed by atoms with van der Waals surface area (Å²) < 4.78 is 14.1. The first kappa shape index (κ1) is 15.5. The van der Waals surface area contributed by atoms with E-state index in [-0.39, 0.29) is 5.82 Å². The zero-order chi connectivity index (χ0) is 15.2. The van der Waals surface area contributed by atoms with Crippen molar-refractivity contribution in [2.45, 2.75) is 45.1 Å². The van der Waals surface area contributed by atoms with Gasteiger partial charge < -0.3 is 10.0 Å². The molecule has 1 saturated heterocycles. The molecule has 1 N–H and O–H groups in total. The van der Waals surface area contributed by atoms with Crippen LogP contribution in [0.2, 0.25) is 0 Å². The number of hydrogen-bond acceptors (Lipinski definition) is 2. The zero-order valence-corrected chi connectivity index (χ0v) is 12.4. The van der Waals surface area contributed by atoms with Crippen LogP contribution < -0.4 is 4.90 Å². The van der Waals surface area contributed by atoms with Gasteiger partial charge in [0.15, 0.2) is 0 Å². The van der Waals surface area contributed by atoms with Gasteiger partial charge in [0.25, 0.3) is 0 Å². The topological polar surface area (TPSA) is 40.5 Å². The number of benzene rings is 1. The van der Waals surface area contributed by atoms with Crippen LogP contribution in [0.3, 0.4) is 0 Å². The van der Waals surface area contributed by atoms with Crippen molar-refractivity contribution in [1.29, 1.82) is 0 Å². The summed E-state index contributed by atoms with van der Waals surface area (Å²) in [6.07, 6.45) is 7.97. The second-order valence-corrected chi connectivity index (χ2v) is 5.45. The smallest absolute Gasteiger partial charge is 0.328 e. The van der Waals surface area contributed by atoms with Gasteiger partial charge >= 0.3 is 5.97 Å². The van der Waals surface area contributed by atoms with E-state index in [1.807, 2.05) is 6.07 Å². The van der Waals surface area contributed by atoms with E-state index in [2.05, 4.69) is 11.8 Å². The number of carboxylic acids is 1. The van der Waals surface area contributed by atoms with Crippen LogP contribution in [-0.4, -0.2) is 23.7 Å². The molecule has 21 heavy (non-hydrogen) atoms. The summed E-state index contributed by atoms with van der Waals surface area (Å²) in [5, 5.41) is 8.79. The Balaban J connectivity index is 2.41. The summed E-state index contributed by atoms with van der Waals surface area (Å²) in [7, 11) is 0. The fraction of sp³-hybridized carbons (Fsp3) is 0.471. The lowest BCUT2D eigenvalue weighted by Crippen LogP contribution is -2.35. The van der Waals surface area contributed by atoms with Gasteiger partial charge in [-0.05, 0) is 37.5 Å². The fourth-order valence-electron chi connectivity index (χ4n) is 3.01. The summed E-state index contributed by atoms with van der Waals surface area (Å²) in [6, 6.07) is 5.36. The standard InChI is InChI=1S/C17H22FNO2/c1-2-13-7-4-3-5-12-19(13)16-9-6-8-15(18)14(16)10-11-17(20)21/h6,8-11,13H,2-5,7,12H2,1H3,(H,20,21)/b11-10+. The molecular weight excluding hydrogens is 269 g/mol. The van der Waals surface area contributed by atoms with Crippen LogP contribution in [0.4, 0.5) is 10.1 Å². The highest BCUT2D eigenvalue weighted by Gasteiger charge is 2.22. The summed E-state index contributed by atoms with van der Waals surface area (Å²) in [4.78, 5) is 13.0. The van der Waals surface area contributed by atoms with Crippen LogP contribution in [0.5, 0.6) is 0 Å². The number of nitrogens with zero attached hydrogens (tertiary/aromatic N) is 1. The molecule has 0 bridgehead atoms. The van der Waals surface area contributed by atoms with Crippen LogP contribution in [-0.2, 0) is 4.79 Å². The van der Waals surface area contributed by atoms with Gasteiger partial charge in [-0.1, -0.05) is 25.8 Å². The molecule has 1 unspecified atom stereocenters. The lowest BCUT2D eigenvalue weighted by molar-refractivity contribution is -0.131. The predicted octanol–water partition coefficient (Wildman–Crippen LogP) is 4.08. The third-order valence-corrected chi connectivity index (χ3v) is 4.08. The van der Waals surface area contributed by atoms with Crippen molar-refractivity contribution in [2.75, 3.05) is 11.4 Å². The summed E-state index contributed by atoms with van der Waals surface area (Å²) in [5.41, 5.74) is 1.18. The van der Waals surface area contributed by atoms with Crippen molar-refractivity contribution in [3.63, 3.8) is 0 Å².